The zero-order chi connectivity index (χ0) is 31.9. The number of methoxy groups -OCH3 is 2. The van der Waals surface area contributed by atoms with Crippen molar-refractivity contribution in [3.05, 3.63) is 60.2 Å². The maximum absolute atomic E-state index is 12.4. The zero-order valence-corrected chi connectivity index (χ0v) is 26.6. The lowest BCUT2D eigenvalue weighted by Gasteiger charge is -2.19. The number of ether oxygens (including phenoxy) is 3. The van der Waals surface area contributed by atoms with Crippen LogP contribution in [0.15, 0.2) is 48.5 Å². The highest BCUT2D eigenvalue weighted by Crippen LogP contribution is 2.33. The number of hydrogen-bond acceptors (Lipinski definition) is 11. The number of amides is 1. The molecule has 1 saturated heterocycles. The van der Waals surface area contributed by atoms with Gasteiger partial charge in [-0.1, -0.05) is 12.1 Å². The van der Waals surface area contributed by atoms with Gasteiger partial charge >= 0.3 is 6.09 Å². The fourth-order valence-corrected chi connectivity index (χ4v) is 5.09. The van der Waals surface area contributed by atoms with Crippen LogP contribution in [0.25, 0.3) is 34.3 Å². The molecule has 0 saturated carbocycles. The normalized spacial score (nSPS) is 14.7. The molecule has 0 aliphatic carbocycles. The van der Waals surface area contributed by atoms with Gasteiger partial charge in [0.1, 0.15) is 18.2 Å². The quantitative estimate of drug-likeness (QED) is 0.263. The lowest BCUT2D eigenvalue weighted by molar-refractivity contribution is 0.134. The Morgan fingerprint density at radius 3 is 2.44 bits per heavy atom. The fourth-order valence-electron chi connectivity index (χ4n) is 5.09. The Hall–Kier alpha value is -4.97. The van der Waals surface area contributed by atoms with E-state index in [9.17, 15) is 4.79 Å². The van der Waals surface area contributed by atoms with E-state index in [1.54, 1.807) is 14.2 Å². The summed E-state index contributed by atoms with van der Waals surface area (Å²) in [5.74, 6) is 3.86. The molecule has 4 aromatic rings. The molecule has 12 nitrogen and oxygen atoms in total. The van der Waals surface area contributed by atoms with E-state index >= 15 is 0 Å². The summed E-state index contributed by atoms with van der Waals surface area (Å²) in [5, 5.41) is 3.97. The van der Waals surface area contributed by atoms with E-state index in [-0.39, 0.29) is 6.04 Å². The van der Waals surface area contributed by atoms with Crippen molar-refractivity contribution in [1.29, 1.82) is 0 Å². The van der Waals surface area contributed by atoms with Crippen LogP contribution in [0, 0.1) is 0 Å². The Kier molecular flexibility index (Phi) is 9.93. The van der Waals surface area contributed by atoms with Gasteiger partial charge in [0.25, 0.3) is 0 Å². The van der Waals surface area contributed by atoms with Crippen LogP contribution < -0.4 is 24.6 Å². The standard InChI is InChI=1S/C33H40N8O4/c1-39(2)17-18-45-33(42)34-23-15-16-41(21-23)31-20-26(22-11-12-27(43-5)28(19-22)44-6)36-29(37-31)13-14-30-35-25-10-8-7-9-24(25)32(38-30)40(3)4/h7-14,19-20,23H,15-18,21H2,1-6H3,(H,34,42)/b14-13+. The number of benzene rings is 2. The Labute approximate surface area is 263 Å². The topological polar surface area (TPSA) is 118 Å². The first-order valence-electron chi connectivity index (χ1n) is 14.8. The summed E-state index contributed by atoms with van der Waals surface area (Å²) >= 11 is 0. The highest BCUT2D eigenvalue weighted by atomic mass is 16.5. The van der Waals surface area contributed by atoms with Gasteiger partial charge in [-0.15, -0.1) is 0 Å². The van der Waals surface area contributed by atoms with Gasteiger partial charge in [-0.3, -0.25) is 0 Å². The average molecular weight is 613 g/mol. The van der Waals surface area contributed by atoms with Crippen LogP contribution in [0.2, 0.25) is 0 Å². The summed E-state index contributed by atoms with van der Waals surface area (Å²) in [4.78, 5) is 37.7. The van der Waals surface area contributed by atoms with Gasteiger partial charge in [0, 0.05) is 50.7 Å². The number of rotatable bonds is 11. The monoisotopic (exact) mass is 612 g/mol. The number of carbonyl (C=O) groups excluding carboxylic acids is 1. The molecule has 1 amide bonds. The van der Waals surface area contributed by atoms with Crippen LogP contribution in [-0.4, -0.2) is 106 Å². The summed E-state index contributed by atoms with van der Waals surface area (Å²) in [7, 11) is 11.0. The third-order valence-electron chi connectivity index (χ3n) is 7.42. The second-order valence-electron chi connectivity index (χ2n) is 11.2. The van der Waals surface area contributed by atoms with E-state index in [1.165, 1.54) is 0 Å². The van der Waals surface area contributed by atoms with Crippen LogP contribution in [0.4, 0.5) is 16.4 Å². The average Bonchev–Trinajstić information content (AvgIpc) is 3.51. The minimum atomic E-state index is -0.409. The molecule has 0 spiro atoms. The Morgan fingerprint density at radius 1 is 0.956 bits per heavy atom. The van der Waals surface area contributed by atoms with Crippen LogP contribution in [0.3, 0.4) is 0 Å². The lowest BCUT2D eigenvalue weighted by Crippen LogP contribution is -2.38. The highest BCUT2D eigenvalue weighted by Gasteiger charge is 2.26. The van der Waals surface area contributed by atoms with Gasteiger partial charge in [0.05, 0.1) is 31.5 Å². The van der Waals surface area contributed by atoms with Gasteiger partial charge in [-0.25, -0.2) is 24.7 Å². The zero-order valence-electron chi connectivity index (χ0n) is 26.6. The molecule has 1 fully saturated rings. The third-order valence-corrected chi connectivity index (χ3v) is 7.42. The molecule has 45 heavy (non-hydrogen) atoms. The molecule has 1 unspecified atom stereocenters. The van der Waals surface area contributed by atoms with Gasteiger partial charge < -0.3 is 34.2 Å². The Balaban J connectivity index is 1.45. The number of carbonyl (C=O) groups is 1. The first-order valence-corrected chi connectivity index (χ1v) is 14.8. The third kappa shape index (κ3) is 7.76. The molecule has 5 rings (SSSR count). The molecule has 236 valence electrons. The number of likely N-dealkylation sites (N-methyl/N-ethyl adjacent to an activating group) is 1. The lowest BCUT2D eigenvalue weighted by atomic mass is 10.1. The predicted molar refractivity (Wildman–Crippen MR) is 177 cm³/mol. The Bertz CT molecular complexity index is 1680. The van der Waals surface area contributed by atoms with E-state index < -0.39 is 6.09 Å². The molecule has 0 radical (unpaired) electrons. The van der Waals surface area contributed by atoms with E-state index in [0.29, 0.717) is 55.1 Å². The second kappa shape index (κ2) is 14.2. The number of nitrogens with zero attached hydrogens (tertiary/aromatic N) is 7. The molecule has 1 aliphatic heterocycles. The molecule has 2 aromatic carbocycles. The van der Waals surface area contributed by atoms with Gasteiger partial charge in [-0.05, 0) is 63.0 Å². The fraction of sp³-hybridized carbons (Fsp3) is 0.364. The number of fused-ring (bicyclic) bond motifs is 1. The number of para-hydroxylation sites is 1. The van der Waals surface area contributed by atoms with Gasteiger partial charge in [0.2, 0.25) is 0 Å². The van der Waals surface area contributed by atoms with Crippen LogP contribution in [0.5, 0.6) is 11.5 Å². The van der Waals surface area contributed by atoms with Crippen molar-refractivity contribution in [3.63, 3.8) is 0 Å². The van der Waals surface area contributed by atoms with Crippen molar-refractivity contribution in [2.75, 3.05) is 78.5 Å². The Morgan fingerprint density at radius 2 is 1.71 bits per heavy atom. The van der Waals surface area contributed by atoms with Crippen LogP contribution in [-0.2, 0) is 4.74 Å². The summed E-state index contributed by atoms with van der Waals surface area (Å²) in [5.41, 5.74) is 2.42. The summed E-state index contributed by atoms with van der Waals surface area (Å²) in [6.07, 6.45) is 4.01. The number of anilines is 2. The summed E-state index contributed by atoms with van der Waals surface area (Å²) in [6, 6.07) is 15.5. The molecular formula is C33H40N8O4. The van der Waals surface area contributed by atoms with Crippen molar-refractivity contribution < 1.29 is 19.0 Å². The number of nitrogens with one attached hydrogen (secondary N) is 1. The smallest absolute Gasteiger partial charge is 0.407 e. The summed E-state index contributed by atoms with van der Waals surface area (Å²) in [6.45, 7) is 2.31. The summed E-state index contributed by atoms with van der Waals surface area (Å²) < 4.78 is 16.3. The molecule has 12 heteroatoms. The molecule has 1 aliphatic rings. The van der Waals surface area contributed by atoms with Crippen LogP contribution in [0.1, 0.15) is 18.1 Å². The minimum Gasteiger partial charge on any atom is -0.493 e. The SMILES string of the molecule is COc1ccc(-c2cc(N3CCC(NC(=O)OCCN(C)C)C3)nc(/C=C/c3nc(N(C)C)c4ccccc4n3)n2)cc1OC. The molecule has 2 aromatic heterocycles. The van der Waals surface area contributed by atoms with Gasteiger partial charge in [-0.2, -0.15) is 0 Å². The molecule has 1 N–H and O–H groups in total. The van der Waals surface area contributed by atoms with Crippen molar-refractivity contribution in [3.8, 4) is 22.8 Å². The van der Waals surface area contributed by atoms with Crippen LogP contribution >= 0.6 is 0 Å². The second-order valence-corrected chi connectivity index (χ2v) is 11.2. The molecule has 0 bridgehead atoms. The first kappa shape index (κ1) is 31.5. The number of hydrogen-bond donors (Lipinski definition) is 1. The van der Waals surface area contributed by atoms with Crippen molar-refractivity contribution in [2.24, 2.45) is 0 Å². The van der Waals surface area contributed by atoms with E-state index in [2.05, 4.69) is 10.2 Å². The highest BCUT2D eigenvalue weighted by molar-refractivity contribution is 5.90. The largest absolute Gasteiger partial charge is 0.493 e. The van der Waals surface area contributed by atoms with E-state index in [0.717, 1.165) is 34.5 Å². The predicted octanol–water partition coefficient (Wildman–Crippen LogP) is 4.21. The van der Waals surface area contributed by atoms with Crippen molar-refractivity contribution in [1.82, 2.24) is 30.2 Å². The number of alkyl carbamates (subject to hydrolysis) is 1. The maximum atomic E-state index is 12.4. The molecule has 3 heterocycles. The first-order chi connectivity index (χ1) is 21.7. The van der Waals surface area contributed by atoms with E-state index in [4.69, 9.17) is 34.1 Å². The maximum Gasteiger partial charge on any atom is 0.407 e. The van der Waals surface area contributed by atoms with E-state index in [1.807, 2.05) is 98.7 Å². The molecular weight excluding hydrogens is 572 g/mol. The van der Waals surface area contributed by atoms with Crippen molar-refractivity contribution >= 4 is 40.8 Å². The minimum absolute atomic E-state index is 0.0641. The van der Waals surface area contributed by atoms with Gasteiger partial charge in [0.15, 0.2) is 23.1 Å². The number of aromatic nitrogens is 4. The molecule has 1 atom stereocenters. The van der Waals surface area contributed by atoms with Crippen molar-refractivity contribution in [2.45, 2.75) is 12.5 Å².